The van der Waals surface area contributed by atoms with Gasteiger partial charge in [0.15, 0.2) is 0 Å². The van der Waals surface area contributed by atoms with E-state index in [1.54, 1.807) is 32.4 Å². The van der Waals surface area contributed by atoms with Gasteiger partial charge in [-0.3, -0.25) is 0 Å². The molecule has 0 saturated carbocycles. The third-order valence-corrected chi connectivity index (χ3v) is 3.16. The lowest BCUT2D eigenvalue weighted by molar-refractivity contribution is 0.0529. The number of ether oxygens (including phenoxy) is 7. The molecule has 0 unspecified atom stereocenters. The molecule has 0 saturated heterocycles. The second-order valence-electron chi connectivity index (χ2n) is 5.09. The number of carbonyl (C=O) groups excluding carboxylic acids is 1. The molecule has 0 aliphatic carbocycles. The second kappa shape index (κ2) is 14.3. The van der Waals surface area contributed by atoms with Gasteiger partial charge < -0.3 is 33.2 Å². The third-order valence-electron chi connectivity index (χ3n) is 3.16. The first-order valence-corrected chi connectivity index (χ1v) is 8.33. The van der Waals surface area contributed by atoms with Gasteiger partial charge in [0.2, 0.25) is 0 Å². The van der Waals surface area contributed by atoms with Crippen molar-refractivity contribution in [2.45, 2.75) is 0 Å². The van der Waals surface area contributed by atoms with Gasteiger partial charge in [-0.2, -0.15) is 0 Å². The molecule has 0 N–H and O–H groups in total. The van der Waals surface area contributed by atoms with Gasteiger partial charge in [-0.15, -0.1) is 0 Å². The highest BCUT2D eigenvalue weighted by Crippen LogP contribution is 2.23. The standard InChI is InChI=1S/C18H28O8/c1-20-4-6-23-8-10-25-16-12-15(18(19)22-3)13-17(14-16)26-11-9-24-7-5-21-2/h12-14H,4-11H2,1-3H3. The Morgan fingerprint density at radius 2 is 1.15 bits per heavy atom. The quantitative estimate of drug-likeness (QED) is 0.339. The highest BCUT2D eigenvalue weighted by Gasteiger charge is 2.11. The maximum Gasteiger partial charge on any atom is 0.338 e. The highest BCUT2D eigenvalue weighted by molar-refractivity contribution is 5.90. The van der Waals surface area contributed by atoms with Crippen LogP contribution < -0.4 is 9.47 Å². The summed E-state index contributed by atoms with van der Waals surface area (Å²) >= 11 is 0. The van der Waals surface area contributed by atoms with Crippen molar-refractivity contribution in [1.29, 1.82) is 0 Å². The van der Waals surface area contributed by atoms with E-state index < -0.39 is 5.97 Å². The van der Waals surface area contributed by atoms with Crippen LogP contribution in [0.2, 0.25) is 0 Å². The van der Waals surface area contributed by atoms with Crippen molar-refractivity contribution in [3.05, 3.63) is 23.8 Å². The summed E-state index contributed by atoms with van der Waals surface area (Å²) in [7, 11) is 4.55. The van der Waals surface area contributed by atoms with Gasteiger partial charge in [0.05, 0.1) is 52.3 Å². The van der Waals surface area contributed by atoms with Crippen molar-refractivity contribution < 1.29 is 38.0 Å². The maximum absolute atomic E-state index is 11.8. The lowest BCUT2D eigenvalue weighted by Crippen LogP contribution is -2.12. The Morgan fingerprint density at radius 3 is 1.58 bits per heavy atom. The summed E-state index contributed by atoms with van der Waals surface area (Å²) in [5.41, 5.74) is 0.348. The van der Waals surface area contributed by atoms with E-state index in [1.807, 2.05) is 0 Å². The maximum atomic E-state index is 11.8. The van der Waals surface area contributed by atoms with Crippen LogP contribution in [0.5, 0.6) is 11.5 Å². The molecule has 0 aromatic heterocycles. The van der Waals surface area contributed by atoms with Crippen LogP contribution in [0.15, 0.2) is 18.2 Å². The molecule has 1 aromatic carbocycles. The Morgan fingerprint density at radius 1 is 0.692 bits per heavy atom. The molecule has 0 aliphatic heterocycles. The molecule has 0 radical (unpaired) electrons. The predicted octanol–water partition coefficient (Wildman–Crippen LogP) is 1.56. The van der Waals surface area contributed by atoms with Crippen molar-refractivity contribution in [3.8, 4) is 11.5 Å². The van der Waals surface area contributed by atoms with E-state index in [2.05, 4.69) is 0 Å². The molecular formula is C18H28O8. The Kier molecular flexibility index (Phi) is 12.2. The van der Waals surface area contributed by atoms with Crippen LogP contribution in [0.25, 0.3) is 0 Å². The molecule has 0 heterocycles. The first kappa shape index (κ1) is 22.2. The monoisotopic (exact) mass is 372 g/mol. The highest BCUT2D eigenvalue weighted by atomic mass is 16.6. The van der Waals surface area contributed by atoms with Crippen LogP contribution in [-0.2, 0) is 23.7 Å². The minimum Gasteiger partial charge on any atom is -0.491 e. The van der Waals surface area contributed by atoms with Crippen LogP contribution in [0.1, 0.15) is 10.4 Å². The zero-order valence-electron chi connectivity index (χ0n) is 15.7. The van der Waals surface area contributed by atoms with E-state index in [-0.39, 0.29) is 0 Å². The summed E-state index contributed by atoms with van der Waals surface area (Å²) in [5.74, 6) is 0.532. The van der Waals surface area contributed by atoms with Crippen molar-refractivity contribution in [3.63, 3.8) is 0 Å². The van der Waals surface area contributed by atoms with E-state index in [9.17, 15) is 4.79 Å². The van der Waals surface area contributed by atoms with Crippen LogP contribution >= 0.6 is 0 Å². The SMILES string of the molecule is COCCOCCOc1cc(OCCOCCOC)cc(C(=O)OC)c1. The first-order valence-electron chi connectivity index (χ1n) is 8.33. The summed E-state index contributed by atoms with van der Waals surface area (Å²) in [5, 5.41) is 0. The second-order valence-corrected chi connectivity index (χ2v) is 5.09. The molecule has 0 atom stereocenters. The van der Waals surface area contributed by atoms with E-state index in [1.165, 1.54) is 7.11 Å². The molecule has 0 aliphatic rings. The fourth-order valence-electron chi connectivity index (χ4n) is 1.90. The number of carbonyl (C=O) groups is 1. The Balaban J connectivity index is 2.52. The van der Waals surface area contributed by atoms with Gasteiger partial charge in [-0.1, -0.05) is 0 Å². The summed E-state index contributed by atoms with van der Waals surface area (Å²) in [6.45, 7) is 3.57. The molecular weight excluding hydrogens is 344 g/mol. The minimum absolute atomic E-state index is 0.341. The average Bonchev–Trinajstić information content (AvgIpc) is 2.66. The minimum atomic E-state index is -0.465. The smallest absolute Gasteiger partial charge is 0.338 e. The average molecular weight is 372 g/mol. The topological polar surface area (TPSA) is 81.7 Å². The van der Waals surface area contributed by atoms with Gasteiger partial charge in [-0.25, -0.2) is 4.79 Å². The Labute approximate surface area is 154 Å². The molecule has 0 amide bonds. The molecule has 1 rings (SSSR count). The summed E-state index contributed by atoms with van der Waals surface area (Å²) in [4.78, 5) is 11.8. The number of methoxy groups -OCH3 is 3. The summed E-state index contributed by atoms with van der Waals surface area (Å²) < 4.78 is 36.5. The van der Waals surface area contributed by atoms with Crippen molar-refractivity contribution >= 4 is 5.97 Å². The first-order chi connectivity index (χ1) is 12.7. The number of hydrogen-bond acceptors (Lipinski definition) is 8. The van der Waals surface area contributed by atoms with Gasteiger partial charge in [-0.05, 0) is 12.1 Å². The molecule has 0 fully saturated rings. The van der Waals surface area contributed by atoms with E-state index >= 15 is 0 Å². The van der Waals surface area contributed by atoms with E-state index in [0.717, 1.165) is 0 Å². The number of hydrogen-bond donors (Lipinski definition) is 0. The number of rotatable bonds is 15. The van der Waals surface area contributed by atoms with Crippen LogP contribution in [0.3, 0.4) is 0 Å². The summed E-state index contributed by atoms with van der Waals surface area (Å²) in [6.07, 6.45) is 0. The molecule has 8 heteroatoms. The lowest BCUT2D eigenvalue weighted by Gasteiger charge is -2.12. The largest absolute Gasteiger partial charge is 0.491 e. The van der Waals surface area contributed by atoms with Crippen LogP contribution in [0, 0.1) is 0 Å². The zero-order chi connectivity index (χ0) is 19.0. The summed E-state index contributed by atoms with van der Waals surface area (Å²) in [6, 6.07) is 4.91. The van der Waals surface area contributed by atoms with Gasteiger partial charge in [0.25, 0.3) is 0 Å². The van der Waals surface area contributed by atoms with Crippen molar-refractivity contribution in [1.82, 2.24) is 0 Å². The molecule has 0 spiro atoms. The van der Waals surface area contributed by atoms with E-state index in [0.29, 0.717) is 69.9 Å². The zero-order valence-corrected chi connectivity index (χ0v) is 15.7. The molecule has 26 heavy (non-hydrogen) atoms. The van der Waals surface area contributed by atoms with Crippen LogP contribution in [0.4, 0.5) is 0 Å². The number of benzene rings is 1. The van der Waals surface area contributed by atoms with Gasteiger partial charge >= 0.3 is 5.97 Å². The predicted molar refractivity (Wildman–Crippen MR) is 94.2 cm³/mol. The molecule has 1 aromatic rings. The van der Waals surface area contributed by atoms with Crippen LogP contribution in [-0.4, -0.2) is 80.2 Å². The van der Waals surface area contributed by atoms with E-state index in [4.69, 9.17) is 33.2 Å². The molecule has 8 nitrogen and oxygen atoms in total. The normalized spacial score (nSPS) is 10.6. The molecule has 0 bridgehead atoms. The Bertz CT molecular complexity index is 472. The fraction of sp³-hybridized carbons (Fsp3) is 0.611. The van der Waals surface area contributed by atoms with Crippen molar-refractivity contribution in [2.24, 2.45) is 0 Å². The van der Waals surface area contributed by atoms with Gasteiger partial charge in [0, 0.05) is 20.3 Å². The molecule has 148 valence electrons. The fourth-order valence-corrected chi connectivity index (χ4v) is 1.90. The lowest BCUT2D eigenvalue weighted by atomic mass is 10.2. The van der Waals surface area contributed by atoms with Crippen molar-refractivity contribution in [2.75, 3.05) is 74.2 Å². The van der Waals surface area contributed by atoms with Gasteiger partial charge in [0.1, 0.15) is 24.7 Å². The number of esters is 1. The third kappa shape index (κ3) is 9.57. The Hall–Kier alpha value is -1.87.